The zero-order valence-corrected chi connectivity index (χ0v) is 13.4. The summed E-state index contributed by atoms with van der Waals surface area (Å²) in [6, 6.07) is 2.81. The largest absolute Gasteiger partial charge is 0.309 e. The van der Waals surface area contributed by atoms with Crippen LogP contribution in [0.2, 0.25) is 10.0 Å². The minimum Gasteiger partial charge on any atom is -0.309 e. The maximum atomic E-state index is 13.5. The Kier molecular flexibility index (Phi) is 5.04. The third-order valence-electron chi connectivity index (χ3n) is 3.94. The highest BCUT2D eigenvalue weighted by molar-refractivity contribution is 8.00. The summed E-state index contributed by atoms with van der Waals surface area (Å²) in [7, 11) is 0. The van der Waals surface area contributed by atoms with Crippen molar-refractivity contribution < 1.29 is 4.39 Å². The van der Waals surface area contributed by atoms with E-state index in [1.165, 1.54) is 25.3 Å². The second kappa shape index (κ2) is 6.21. The van der Waals surface area contributed by atoms with Gasteiger partial charge in [-0.25, -0.2) is 4.39 Å². The number of benzene rings is 1. The molecule has 0 heterocycles. The smallest absolute Gasteiger partial charge is 0.142 e. The van der Waals surface area contributed by atoms with Crippen LogP contribution in [0.1, 0.15) is 37.8 Å². The Morgan fingerprint density at radius 1 is 1.42 bits per heavy atom. The minimum atomic E-state index is -0.419. The first-order valence-corrected chi connectivity index (χ1v) is 8.39. The van der Waals surface area contributed by atoms with Crippen LogP contribution in [0.25, 0.3) is 0 Å². The lowest BCUT2D eigenvalue weighted by Crippen LogP contribution is -2.44. The molecule has 19 heavy (non-hydrogen) atoms. The van der Waals surface area contributed by atoms with E-state index in [1.807, 2.05) is 18.7 Å². The number of rotatable bonds is 5. The molecule has 0 aliphatic heterocycles. The maximum absolute atomic E-state index is 13.5. The molecule has 1 saturated carbocycles. The third-order valence-corrected chi connectivity index (χ3v) is 6.07. The Morgan fingerprint density at radius 3 is 2.63 bits per heavy atom. The Hall–Kier alpha value is 0.0400. The zero-order valence-electron chi connectivity index (χ0n) is 11.1. The van der Waals surface area contributed by atoms with Crippen LogP contribution in [0.15, 0.2) is 12.1 Å². The summed E-state index contributed by atoms with van der Waals surface area (Å²) in [4.78, 5) is 0. The molecule has 0 bridgehead atoms. The van der Waals surface area contributed by atoms with Crippen molar-refractivity contribution in [2.75, 3.05) is 12.8 Å². The van der Waals surface area contributed by atoms with Crippen molar-refractivity contribution >= 4 is 35.0 Å². The normalized spacial score (nSPS) is 19.0. The van der Waals surface area contributed by atoms with Crippen LogP contribution in [0.3, 0.4) is 0 Å². The highest BCUT2D eigenvalue weighted by atomic mass is 35.5. The lowest BCUT2D eigenvalue weighted by Gasteiger charge is -2.41. The van der Waals surface area contributed by atoms with Gasteiger partial charge < -0.3 is 5.32 Å². The summed E-state index contributed by atoms with van der Waals surface area (Å²) in [6.45, 7) is 2.87. The topological polar surface area (TPSA) is 12.0 Å². The van der Waals surface area contributed by atoms with Crippen molar-refractivity contribution in [2.45, 2.75) is 37.0 Å². The fourth-order valence-corrected chi connectivity index (χ4v) is 4.03. The molecule has 5 heteroatoms. The van der Waals surface area contributed by atoms with Gasteiger partial charge in [0.25, 0.3) is 0 Å². The van der Waals surface area contributed by atoms with Crippen molar-refractivity contribution in [3.05, 3.63) is 33.6 Å². The van der Waals surface area contributed by atoms with Gasteiger partial charge in [0.2, 0.25) is 0 Å². The van der Waals surface area contributed by atoms with Gasteiger partial charge in [-0.05, 0) is 38.2 Å². The van der Waals surface area contributed by atoms with E-state index in [2.05, 4.69) is 11.6 Å². The molecule has 0 saturated heterocycles. The standard InChI is InChI=1S/C14H18Cl2FNS/c1-9(18-8-14(19-2)6-3-7-14)12-10(15)4-5-11(17)13(12)16/h4-5,9,18H,3,6-8H2,1-2H3. The number of nitrogens with one attached hydrogen (secondary N) is 1. The Labute approximate surface area is 128 Å². The summed E-state index contributed by atoms with van der Waals surface area (Å²) < 4.78 is 13.8. The fraction of sp³-hybridized carbons (Fsp3) is 0.571. The fourth-order valence-electron chi connectivity index (χ4n) is 2.41. The average molecular weight is 322 g/mol. The van der Waals surface area contributed by atoms with Gasteiger partial charge in [-0.3, -0.25) is 0 Å². The monoisotopic (exact) mass is 321 g/mol. The van der Waals surface area contributed by atoms with E-state index in [1.54, 1.807) is 6.07 Å². The van der Waals surface area contributed by atoms with E-state index in [9.17, 15) is 4.39 Å². The predicted molar refractivity (Wildman–Crippen MR) is 82.9 cm³/mol. The maximum Gasteiger partial charge on any atom is 0.142 e. The molecule has 106 valence electrons. The van der Waals surface area contributed by atoms with E-state index in [-0.39, 0.29) is 11.1 Å². The van der Waals surface area contributed by atoms with Crippen LogP contribution in [0.4, 0.5) is 4.39 Å². The highest BCUT2D eigenvalue weighted by Gasteiger charge is 2.36. The average Bonchev–Trinajstić information content (AvgIpc) is 2.34. The molecule has 0 radical (unpaired) electrons. The first kappa shape index (κ1) is 15.4. The first-order valence-electron chi connectivity index (χ1n) is 6.41. The van der Waals surface area contributed by atoms with Crippen molar-refractivity contribution in [3.63, 3.8) is 0 Å². The van der Waals surface area contributed by atoms with Crippen molar-refractivity contribution in [2.24, 2.45) is 0 Å². The van der Waals surface area contributed by atoms with E-state index >= 15 is 0 Å². The van der Waals surface area contributed by atoms with E-state index in [4.69, 9.17) is 23.2 Å². The quantitative estimate of drug-likeness (QED) is 0.760. The van der Waals surface area contributed by atoms with Crippen LogP contribution in [0, 0.1) is 5.82 Å². The van der Waals surface area contributed by atoms with Gasteiger partial charge >= 0.3 is 0 Å². The zero-order chi connectivity index (χ0) is 14.0. The number of halogens is 3. The molecule has 1 atom stereocenters. The van der Waals surface area contributed by atoms with Gasteiger partial charge in [-0.2, -0.15) is 11.8 Å². The molecular formula is C14H18Cl2FNS. The van der Waals surface area contributed by atoms with Crippen LogP contribution in [-0.2, 0) is 0 Å². The Bertz CT molecular complexity index is 457. The van der Waals surface area contributed by atoms with Gasteiger partial charge in [-0.15, -0.1) is 0 Å². The molecular weight excluding hydrogens is 304 g/mol. The summed E-state index contributed by atoms with van der Waals surface area (Å²) >= 11 is 14.1. The summed E-state index contributed by atoms with van der Waals surface area (Å²) in [5.41, 5.74) is 0.652. The van der Waals surface area contributed by atoms with Gasteiger partial charge in [-0.1, -0.05) is 29.6 Å². The molecule has 0 spiro atoms. The first-order chi connectivity index (χ1) is 8.99. The Morgan fingerprint density at radius 2 is 2.11 bits per heavy atom. The van der Waals surface area contributed by atoms with Crippen molar-refractivity contribution in [1.29, 1.82) is 0 Å². The molecule has 2 rings (SSSR count). The molecule has 1 aromatic rings. The van der Waals surface area contributed by atoms with E-state index in [0.717, 1.165) is 6.54 Å². The molecule has 0 amide bonds. The number of hydrogen-bond acceptors (Lipinski definition) is 2. The summed E-state index contributed by atoms with van der Waals surface area (Å²) in [5, 5.41) is 4.08. The van der Waals surface area contributed by atoms with Gasteiger partial charge in [0, 0.05) is 27.9 Å². The molecule has 1 N–H and O–H groups in total. The van der Waals surface area contributed by atoms with Crippen molar-refractivity contribution in [1.82, 2.24) is 5.32 Å². The van der Waals surface area contributed by atoms with Crippen LogP contribution in [0.5, 0.6) is 0 Å². The molecule has 1 aromatic carbocycles. The van der Waals surface area contributed by atoms with Crippen molar-refractivity contribution in [3.8, 4) is 0 Å². The van der Waals surface area contributed by atoms with Gasteiger partial charge in [0.05, 0.1) is 5.02 Å². The highest BCUT2D eigenvalue weighted by Crippen LogP contribution is 2.43. The van der Waals surface area contributed by atoms with Crippen LogP contribution < -0.4 is 5.32 Å². The third kappa shape index (κ3) is 3.21. The summed E-state index contributed by atoms with van der Waals surface area (Å²) in [5.74, 6) is -0.419. The molecule has 0 aromatic heterocycles. The number of thioether (sulfide) groups is 1. The van der Waals surface area contributed by atoms with Gasteiger partial charge in [0.1, 0.15) is 5.82 Å². The number of hydrogen-bond donors (Lipinski definition) is 1. The minimum absolute atomic E-state index is 0.0553. The second-order valence-electron chi connectivity index (χ2n) is 5.10. The van der Waals surface area contributed by atoms with Gasteiger partial charge in [0.15, 0.2) is 0 Å². The molecule has 1 aliphatic rings. The molecule has 1 nitrogen and oxygen atoms in total. The lowest BCUT2D eigenvalue weighted by atomic mass is 9.84. The van der Waals surface area contributed by atoms with E-state index in [0.29, 0.717) is 15.3 Å². The SMILES string of the molecule is CSC1(CNC(C)c2c(Cl)ccc(F)c2Cl)CCC1. The molecule has 1 aliphatic carbocycles. The molecule has 1 fully saturated rings. The summed E-state index contributed by atoms with van der Waals surface area (Å²) in [6.07, 6.45) is 5.91. The predicted octanol–water partition coefficient (Wildman–Crippen LogP) is 5.07. The molecule has 1 unspecified atom stereocenters. The van der Waals surface area contributed by atoms with Crippen LogP contribution >= 0.6 is 35.0 Å². The second-order valence-corrected chi connectivity index (χ2v) is 7.16. The lowest BCUT2D eigenvalue weighted by molar-refractivity contribution is 0.334. The van der Waals surface area contributed by atoms with Crippen LogP contribution in [-0.4, -0.2) is 17.5 Å². The Balaban J connectivity index is 2.08. The van der Waals surface area contributed by atoms with E-state index < -0.39 is 5.82 Å².